The molecule has 0 spiro atoms. The van der Waals surface area contributed by atoms with E-state index in [-0.39, 0.29) is 11.9 Å². The third-order valence-corrected chi connectivity index (χ3v) is 3.92. The standard InChI is InChI=1S/C13H21NO3S/c1-4-10(3)8-12(15)14-6-7-18-9-11(14)13(16)17-5-2/h8,11H,4-7,9H2,1-3H3/b10-8+. The quantitative estimate of drug-likeness (QED) is 0.578. The van der Waals surface area contributed by atoms with E-state index in [2.05, 4.69) is 0 Å². The summed E-state index contributed by atoms with van der Waals surface area (Å²) in [6.45, 7) is 6.68. The van der Waals surface area contributed by atoms with E-state index in [4.69, 9.17) is 4.74 Å². The van der Waals surface area contributed by atoms with Crippen molar-refractivity contribution in [2.75, 3.05) is 24.7 Å². The number of ether oxygens (including phenoxy) is 1. The zero-order chi connectivity index (χ0) is 13.5. The molecule has 0 aromatic heterocycles. The van der Waals surface area contributed by atoms with E-state index in [1.54, 1.807) is 29.7 Å². The van der Waals surface area contributed by atoms with E-state index in [1.807, 2.05) is 13.8 Å². The van der Waals surface area contributed by atoms with Crippen LogP contribution in [0, 0.1) is 0 Å². The maximum atomic E-state index is 12.1. The van der Waals surface area contributed by atoms with Crippen molar-refractivity contribution < 1.29 is 14.3 Å². The number of hydrogen-bond acceptors (Lipinski definition) is 4. The van der Waals surface area contributed by atoms with E-state index >= 15 is 0 Å². The minimum Gasteiger partial charge on any atom is -0.464 e. The molecule has 0 radical (unpaired) electrons. The highest BCUT2D eigenvalue weighted by molar-refractivity contribution is 7.99. The highest BCUT2D eigenvalue weighted by Crippen LogP contribution is 2.18. The van der Waals surface area contributed by atoms with Crippen LogP contribution in [0.3, 0.4) is 0 Å². The van der Waals surface area contributed by atoms with Crippen LogP contribution in [0.15, 0.2) is 11.6 Å². The number of amides is 1. The molecule has 1 saturated heterocycles. The number of carbonyl (C=O) groups is 2. The summed E-state index contributed by atoms with van der Waals surface area (Å²) < 4.78 is 5.03. The highest BCUT2D eigenvalue weighted by atomic mass is 32.2. The van der Waals surface area contributed by atoms with Gasteiger partial charge in [-0.15, -0.1) is 0 Å². The zero-order valence-corrected chi connectivity index (χ0v) is 12.1. The van der Waals surface area contributed by atoms with Crippen molar-refractivity contribution in [3.05, 3.63) is 11.6 Å². The first-order valence-electron chi connectivity index (χ1n) is 6.32. The summed E-state index contributed by atoms with van der Waals surface area (Å²) in [7, 11) is 0. The Hall–Kier alpha value is -0.970. The van der Waals surface area contributed by atoms with Crippen LogP contribution in [0.1, 0.15) is 27.2 Å². The molecule has 1 aliphatic heterocycles. The Labute approximate surface area is 113 Å². The summed E-state index contributed by atoms with van der Waals surface area (Å²) in [4.78, 5) is 25.6. The van der Waals surface area contributed by atoms with Crippen LogP contribution in [0.2, 0.25) is 0 Å². The molecule has 4 nitrogen and oxygen atoms in total. The molecule has 0 aromatic carbocycles. The Morgan fingerprint density at radius 1 is 1.44 bits per heavy atom. The molecule has 1 amide bonds. The van der Waals surface area contributed by atoms with Crippen LogP contribution < -0.4 is 0 Å². The second kappa shape index (κ2) is 7.46. The normalized spacial score (nSPS) is 20.7. The van der Waals surface area contributed by atoms with Gasteiger partial charge in [0.2, 0.25) is 5.91 Å². The molecule has 0 N–H and O–H groups in total. The number of thioether (sulfide) groups is 1. The smallest absolute Gasteiger partial charge is 0.329 e. The van der Waals surface area contributed by atoms with Crippen LogP contribution in [0.25, 0.3) is 0 Å². The summed E-state index contributed by atoms with van der Waals surface area (Å²) in [6, 6.07) is -0.433. The molecule has 1 atom stereocenters. The molecule has 1 unspecified atom stereocenters. The lowest BCUT2D eigenvalue weighted by Gasteiger charge is -2.33. The molecule has 102 valence electrons. The highest BCUT2D eigenvalue weighted by Gasteiger charge is 2.32. The lowest BCUT2D eigenvalue weighted by molar-refractivity contribution is -0.152. The molecule has 0 aromatic rings. The average molecular weight is 271 g/mol. The lowest BCUT2D eigenvalue weighted by atomic mass is 10.2. The van der Waals surface area contributed by atoms with Gasteiger partial charge in [-0.3, -0.25) is 4.79 Å². The zero-order valence-electron chi connectivity index (χ0n) is 11.3. The van der Waals surface area contributed by atoms with Crippen LogP contribution in [-0.2, 0) is 14.3 Å². The van der Waals surface area contributed by atoms with E-state index in [0.29, 0.717) is 18.9 Å². The Balaban J connectivity index is 2.76. The van der Waals surface area contributed by atoms with E-state index < -0.39 is 6.04 Å². The fraction of sp³-hybridized carbons (Fsp3) is 0.692. The van der Waals surface area contributed by atoms with E-state index in [1.165, 1.54) is 0 Å². The van der Waals surface area contributed by atoms with Gasteiger partial charge in [0.05, 0.1) is 6.61 Å². The number of hydrogen-bond donors (Lipinski definition) is 0. The van der Waals surface area contributed by atoms with Crippen molar-refractivity contribution in [3.8, 4) is 0 Å². The van der Waals surface area contributed by atoms with Crippen LogP contribution in [-0.4, -0.2) is 47.5 Å². The summed E-state index contributed by atoms with van der Waals surface area (Å²) in [5, 5.41) is 0. The van der Waals surface area contributed by atoms with Gasteiger partial charge in [0, 0.05) is 24.1 Å². The average Bonchev–Trinajstić information content (AvgIpc) is 2.38. The predicted octanol–water partition coefficient (Wildman–Crippen LogP) is 1.85. The molecule has 0 bridgehead atoms. The van der Waals surface area contributed by atoms with Crippen molar-refractivity contribution in [2.24, 2.45) is 0 Å². The molecule has 0 saturated carbocycles. The van der Waals surface area contributed by atoms with Crippen LogP contribution >= 0.6 is 11.8 Å². The largest absolute Gasteiger partial charge is 0.464 e. The second-order valence-corrected chi connectivity index (χ2v) is 5.37. The van der Waals surface area contributed by atoms with Gasteiger partial charge in [-0.05, 0) is 20.3 Å². The minimum absolute atomic E-state index is 0.0762. The second-order valence-electron chi connectivity index (χ2n) is 4.22. The Morgan fingerprint density at radius 3 is 2.78 bits per heavy atom. The molecule has 1 aliphatic rings. The monoisotopic (exact) mass is 271 g/mol. The predicted molar refractivity (Wildman–Crippen MR) is 73.5 cm³/mol. The molecule has 0 aliphatic carbocycles. The number of nitrogens with zero attached hydrogens (tertiary/aromatic N) is 1. The molecule has 1 fully saturated rings. The summed E-state index contributed by atoms with van der Waals surface area (Å²) in [5.74, 6) is 1.14. The molecular weight excluding hydrogens is 250 g/mol. The topological polar surface area (TPSA) is 46.6 Å². The molecule has 1 heterocycles. The number of carbonyl (C=O) groups excluding carboxylic acids is 2. The Kier molecular flexibility index (Phi) is 6.25. The Bertz CT molecular complexity index is 341. The minimum atomic E-state index is -0.433. The summed E-state index contributed by atoms with van der Waals surface area (Å²) >= 11 is 1.69. The van der Waals surface area contributed by atoms with Gasteiger partial charge in [0.1, 0.15) is 6.04 Å². The van der Waals surface area contributed by atoms with Gasteiger partial charge < -0.3 is 9.64 Å². The summed E-state index contributed by atoms with van der Waals surface area (Å²) in [5.41, 5.74) is 1.03. The fourth-order valence-electron chi connectivity index (χ4n) is 1.70. The van der Waals surface area contributed by atoms with Crippen molar-refractivity contribution in [1.29, 1.82) is 0 Å². The van der Waals surface area contributed by atoms with E-state index in [9.17, 15) is 9.59 Å². The number of allylic oxidation sites excluding steroid dienone is 1. The van der Waals surface area contributed by atoms with E-state index in [0.717, 1.165) is 17.7 Å². The van der Waals surface area contributed by atoms with Gasteiger partial charge in [-0.1, -0.05) is 12.5 Å². The lowest BCUT2D eigenvalue weighted by Crippen LogP contribution is -2.50. The maximum Gasteiger partial charge on any atom is 0.329 e. The van der Waals surface area contributed by atoms with Crippen LogP contribution in [0.5, 0.6) is 0 Å². The first-order chi connectivity index (χ1) is 8.60. The Morgan fingerprint density at radius 2 is 2.17 bits per heavy atom. The molecule has 18 heavy (non-hydrogen) atoms. The molecule has 5 heteroatoms. The van der Waals surface area contributed by atoms with Gasteiger partial charge in [0.15, 0.2) is 0 Å². The first-order valence-corrected chi connectivity index (χ1v) is 7.47. The summed E-state index contributed by atoms with van der Waals surface area (Å²) in [6.07, 6.45) is 2.47. The van der Waals surface area contributed by atoms with Crippen molar-refractivity contribution in [2.45, 2.75) is 33.2 Å². The SMILES string of the molecule is CCOC(=O)C1CSCCN1C(=O)/C=C(\C)CC. The fourth-order valence-corrected chi connectivity index (χ4v) is 2.73. The third-order valence-electron chi connectivity index (χ3n) is 2.90. The van der Waals surface area contributed by atoms with Crippen molar-refractivity contribution in [3.63, 3.8) is 0 Å². The first kappa shape index (κ1) is 15.1. The number of rotatable bonds is 4. The van der Waals surface area contributed by atoms with Gasteiger partial charge in [0.25, 0.3) is 0 Å². The van der Waals surface area contributed by atoms with Gasteiger partial charge >= 0.3 is 5.97 Å². The van der Waals surface area contributed by atoms with Gasteiger partial charge in [-0.25, -0.2) is 4.79 Å². The maximum absolute atomic E-state index is 12.1. The van der Waals surface area contributed by atoms with Crippen LogP contribution in [0.4, 0.5) is 0 Å². The van der Waals surface area contributed by atoms with Crippen molar-refractivity contribution in [1.82, 2.24) is 4.90 Å². The third kappa shape index (κ3) is 4.05. The molecular formula is C13H21NO3S. The number of esters is 1. The van der Waals surface area contributed by atoms with Gasteiger partial charge in [-0.2, -0.15) is 11.8 Å². The molecule has 1 rings (SSSR count). The van der Waals surface area contributed by atoms with Crippen molar-refractivity contribution >= 4 is 23.6 Å².